The third-order valence-corrected chi connectivity index (χ3v) is 2.61. The highest BCUT2D eigenvalue weighted by Crippen LogP contribution is 2.16. The van der Waals surface area contributed by atoms with Gasteiger partial charge in [0.1, 0.15) is 5.76 Å². The van der Waals surface area contributed by atoms with E-state index in [0.29, 0.717) is 16.2 Å². The van der Waals surface area contributed by atoms with Gasteiger partial charge in [0.25, 0.3) is 0 Å². The fraction of sp³-hybridized carbons (Fsp3) is 0.111. The average molecular weight is 193 g/mol. The first-order chi connectivity index (χ1) is 6.29. The summed E-state index contributed by atoms with van der Waals surface area (Å²) in [6, 6.07) is 3.64. The van der Waals surface area contributed by atoms with Gasteiger partial charge in [0.05, 0.1) is 16.6 Å². The third-order valence-electron chi connectivity index (χ3n) is 1.74. The lowest BCUT2D eigenvalue weighted by Gasteiger charge is -1.91. The molecule has 3 nitrogen and oxygen atoms in total. The number of rotatable bonds is 2. The Hall–Kier alpha value is -1.42. The molecule has 0 saturated heterocycles. The Morgan fingerprint density at radius 3 is 3.00 bits per heavy atom. The summed E-state index contributed by atoms with van der Waals surface area (Å²) >= 11 is 1.42. The Balaban J connectivity index is 2.39. The number of aryl methyl sites for hydroxylation is 1. The zero-order valence-electron chi connectivity index (χ0n) is 6.98. The van der Waals surface area contributed by atoms with E-state index in [-0.39, 0.29) is 5.78 Å². The second-order valence-corrected chi connectivity index (χ2v) is 3.55. The maximum Gasteiger partial charge on any atom is 0.208 e. The van der Waals surface area contributed by atoms with Crippen LogP contribution in [0.2, 0.25) is 0 Å². The standard InChI is InChI=1S/C9H7NO2S/c1-6-7(5-10-12-6)9(11)8-3-2-4-13-8/h2-5H,1H3. The monoisotopic (exact) mass is 193 g/mol. The predicted molar refractivity (Wildman–Crippen MR) is 49.0 cm³/mol. The SMILES string of the molecule is Cc1oncc1C(=O)c1cccs1. The minimum Gasteiger partial charge on any atom is -0.361 e. The Morgan fingerprint density at radius 2 is 2.46 bits per heavy atom. The minimum absolute atomic E-state index is 0.0197. The minimum atomic E-state index is -0.0197. The summed E-state index contributed by atoms with van der Waals surface area (Å²) in [7, 11) is 0. The van der Waals surface area contributed by atoms with Crippen LogP contribution in [0.25, 0.3) is 0 Å². The Morgan fingerprint density at radius 1 is 1.62 bits per heavy atom. The molecule has 2 heterocycles. The number of hydrogen-bond donors (Lipinski definition) is 0. The normalized spacial score (nSPS) is 10.2. The molecule has 0 aliphatic heterocycles. The van der Waals surface area contributed by atoms with Gasteiger partial charge in [-0.3, -0.25) is 4.79 Å². The van der Waals surface area contributed by atoms with Crippen molar-refractivity contribution in [3.8, 4) is 0 Å². The summed E-state index contributed by atoms with van der Waals surface area (Å²) in [4.78, 5) is 12.4. The van der Waals surface area contributed by atoms with Crippen molar-refractivity contribution in [3.63, 3.8) is 0 Å². The molecule has 0 saturated carbocycles. The molecule has 0 bridgehead atoms. The maximum absolute atomic E-state index is 11.7. The maximum atomic E-state index is 11.7. The molecule has 66 valence electrons. The van der Waals surface area contributed by atoms with E-state index in [0.717, 1.165) is 0 Å². The summed E-state index contributed by atoms with van der Waals surface area (Å²) in [5.74, 6) is 0.548. The summed E-state index contributed by atoms with van der Waals surface area (Å²) in [6.45, 7) is 1.73. The molecule has 4 heteroatoms. The van der Waals surface area contributed by atoms with Crippen molar-refractivity contribution in [1.29, 1.82) is 0 Å². The number of aromatic nitrogens is 1. The van der Waals surface area contributed by atoms with Crippen LogP contribution in [0.1, 0.15) is 21.0 Å². The van der Waals surface area contributed by atoms with Gasteiger partial charge in [-0.15, -0.1) is 11.3 Å². The van der Waals surface area contributed by atoms with Crippen LogP contribution in [0.5, 0.6) is 0 Å². The summed E-state index contributed by atoms with van der Waals surface area (Å²) in [6.07, 6.45) is 1.46. The second-order valence-electron chi connectivity index (χ2n) is 2.60. The molecule has 0 aliphatic rings. The van der Waals surface area contributed by atoms with Gasteiger partial charge in [-0.05, 0) is 18.4 Å². The number of hydrogen-bond acceptors (Lipinski definition) is 4. The molecule has 0 atom stereocenters. The number of carbonyl (C=O) groups is 1. The Bertz CT molecular complexity index is 417. The van der Waals surface area contributed by atoms with Crippen molar-refractivity contribution in [2.24, 2.45) is 0 Å². The first kappa shape index (κ1) is 8.19. The molecule has 0 aromatic carbocycles. The lowest BCUT2D eigenvalue weighted by molar-refractivity contribution is 0.104. The van der Waals surface area contributed by atoms with Crippen LogP contribution in [0.4, 0.5) is 0 Å². The molecule has 2 rings (SSSR count). The summed E-state index contributed by atoms with van der Waals surface area (Å²) in [5, 5.41) is 5.43. The van der Waals surface area contributed by atoms with E-state index in [2.05, 4.69) is 5.16 Å². The zero-order chi connectivity index (χ0) is 9.26. The van der Waals surface area contributed by atoms with E-state index >= 15 is 0 Å². The average Bonchev–Trinajstić information content (AvgIpc) is 2.72. The fourth-order valence-electron chi connectivity index (χ4n) is 1.06. The van der Waals surface area contributed by atoms with Crippen LogP contribution in [0, 0.1) is 6.92 Å². The lowest BCUT2D eigenvalue weighted by Crippen LogP contribution is -1.97. The van der Waals surface area contributed by atoms with Gasteiger partial charge in [-0.1, -0.05) is 11.2 Å². The van der Waals surface area contributed by atoms with E-state index in [9.17, 15) is 4.79 Å². The van der Waals surface area contributed by atoms with Gasteiger partial charge in [0.15, 0.2) is 0 Å². The molecular weight excluding hydrogens is 186 g/mol. The highest BCUT2D eigenvalue weighted by molar-refractivity contribution is 7.12. The van der Waals surface area contributed by atoms with Gasteiger partial charge in [0, 0.05) is 0 Å². The Kier molecular flexibility index (Phi) is 1.98. The van der Waals surface area contributed by atoms with Crippen molar-refractivity contribution in [3.05, 3.63) is 39.9 Å². The van der Waals surface area contributed by atoms with Crippen molar-refractivity contribution in [2.75, 3.05) is 0 Å². The van der Waals surface area contributed by atoms with E-state index in [1.54, 1.807) is 13.0 Å². The van der Waals surface area contributed by atoms with E-state index in [4.69, 9.17) is 4.52 Å². The first-order valence-corrected chi connectivity index (χ1v) is 4.66. The molecule has 0 aliphatic carbocycles. The topological polar surface area (TPSA) is 43.1 Å². The fourth-order valence-corrected chi connectivity index (χ4v) is 1.74. The van der Waals surface area contributed by atoms with Gasteiger partial charge < -0.3 is 4.52 Å². The second kappa shape index (κ2) is 3.14. The highest BCUT2D eigenvalue weighted by atomic mass is 32.1. The van der Waals surface area contributed by atoms with Crippen LogP contribution >= 0.6 is 11.3 Å². The van der Waals surface area contributed by atoms with Gasteiger partial charge in [0.2, 0.25) is 5.78 Å². The molecular formula is C9H7NO2S. The lowest BCUT2D eigenvalue weighted by atomic mass is 10.1. The van der Waals surface area contributed by atoms with E-state index < -0.39 is 0 Å². The number of nitrogens with zero attached hydrogens (tertiary/aromatic N) is 1. The van der Waals surface area contributed by atoms with E-state index in [1.807, 2.05) is 11.4 Å². The number of ketones is 1. The third kappa shape index (κ3) is 1.40. The zero-order valence-corrected chi connectivity index (χ0v) is 7.80. The smallest absolute Gasteiger partial charge is 0.208 e. The largest absolute Gasteiger partial charge is 0.361 e. The molecule has 2 aromatic rings. The number of carbonyl (C=O) groups excluding carboxylic acids is 1. The van der Waals surface area contributed by atoms with Gasteiger partial charge in [-0.25, -0.2) is 0 Å². The first-order valence-electron chi connectivity index (χ1n) is 3.78. The summed E-state index contributed by atoms with van der Waals surface area (Å²) < 4.78 is 4.82. The van der Waals surface area contributed by atoms with Crippen molar-refractivity contribution < 1.29 is 9.32 Å². The molecule has 0 unspecified atom stereocenters. The quantitative estimate of drug-likeness (QED) is 0.687. The van der Waals surface area contributed by atoms with Crippen LogP contribution < -0.4 is 0 Å². The molecule has 13 heavy (non-hydrogen) atoms. The van der Waals surface area contributed by atoms with Crippen molar-refractivity contribution in [1.82, 2.24) is 5.16 Å². The molecule has 0 N–H and O–H groups in total. The van der Waals surface area contributed by atoms with Gasteiger partial charge >= 0.3 is 0 Å². The predicted octanol–water partition coefficient (Wildman–Crippen LogP) is 2.28. The van der Waals surface area contributed by atoms with Crippen LogP contribution in [-0.2, 0) is 0 Å². The molecule has 0 spiro atoms. The van der Waals surface area contributed by atoms with Gasteiger partial charge in [-0.2, -0.15) is 0 Å². The number of thiophene rings is 1. The van der Waals surface area contributed by atoms with Crippen LogP contribution in [-0.4, -0.2) is 10.9 Å². The molecule has 0 amide bonds. The molecule has 0 radical (unpaired) electrons. The summed E-state index contributed by atoms with van der Waals surface area (Å²) in [5.41, 5.74) is 0.544. The van der Waals surface area contributed by atoms with Crippen LogP contribution in [0.15, 0.2) is 28.2 Å². The highest BCUT2D eigenvalue weighted by Gasteiger charge is 2.15. The van der Waals surface area contributed by atoms with Crippen LogP contribution in [0.3, 0.4) is 0 Å². The molecule has 0 fully saturated rings. The van der Waals surface area contributed by atoms with Crippen molar-refractivity contribution in [2.45, 2.75) is 6.92 Å². The van der Waals surface area contributed by atoms with E-state index in [1.165, 1.54) is 17.5 Å². The Labute approximate surface area is 79.0 Å². The van der Waals surface area contributed by atoms with Crippen molar-refractivity contribution >= 4 is 17.1 Å². The molecule has 2 aromatic heterocycles.